The van der Waals surface area contributed by atoms with Gasteiger partial charge in [0.05, 0.1) is 6.04 Å². The molecule has 3 N–H and O–H groups in total. The van der Waals surface area contributed by atoms with Crippen molar-refractivity contribution in [1.82, 2.24) is 15.1 Å². The minimum absolute atomic E-state index is 0.255. The summed E-state index contributed by atoms with van der Waals surface area (Å²) in [7, 11) is 3.96. The van der Waals surface area contributed by atoms with Crippen LogP contribution in [0.15, 0.2) is 30.3 Å². The Bertz CT molecular complexity index is 711. The zero-order chi connectivity index (χ0) is 16.8. The maximum atomic E-state index is 6.00. The number of likely N-dealkylation sites (tertiary alicyclic amines) is 1. The molecule has 4 rings (SSSR count). The smallest absolute Gasteiger partial charge is 0.366 e. The monoisotopic (exact) mass is 328 g/mol. The highest BCUT2D eigenvalue weighted by molar-refractivity contribution is 5.49. The normalized spacial score (nSPS) is 24.5. The fraction of sp³-hybridized carbons (Fsp3) is 0.529. The first-order chi connectivity index (χ1) is 11.6. The van der Waals surface area contributed by atoms with Gasteiger partial charge in [-0.15, -0.1) is 4.68 Å². The number of aromatic nitrogens is 3. The van der Waals surface area contributed by atoms with Gasteiger partial charge in [-0.2, -0.15) is 5.10 Å². The molecule has 0 saturated carbocycles. The molecule has 2 aromatic rings. The lowest BCUT2D eigenvalue weighted by atomic mass is 10.2. The predicted octanol–water partition coefficient (Wildman–Crippen LogP) is 0.501. The van der Waals surface area contributed by atoms with Crippen LogP contribution in [0.1, 0.15) is 25.2 Å². The third-order valence-corrected chi connectivity index (χ3v) is 5.39. The molecule has 0 radical (unpaired) electrons. The zero-order valence-corrected chi connectivity index (χ0v) is 14.6. The van der Waals surface area contributed by atoms with Gasteiger partial charge in [-0.05, 0) is 25.5 Å². The summed E-state index contributed by atoms with van der Waals surface area (Å²) in [6, 6.07) is 12.2. The largest absolute Gasteiger partial charge is 0.396 e. The van der Waals surface area contributed by atoms with Gasteiger partial charge < -0.3 is 10.6 Å². The van der Waals surface area contributed by atoms with Gasteiger partial charge in [0.25, 0.3) is 0 Å². The predicted molar refractivity (Wildman–Crippen MR) is 94.4 cm³/mol. The lowest BCUT2D eigenvalue weighted by Crippen LogP contribution is -2.58. The van der Waals surface area contributed by atoms with Crippen LogP contribution >= 0.6 is 0 Å². The summed E-state index contributed by atoms with van der Waals surface area (Å²) in [6.07, 6.45) is 1.23. The second-order valence-electron chi connectivity index (χ2n) is 7.03. The van der Waals surface area contributed by atoms with E-state index in [-0.39, 0.29) is 6.04 Å². The van der Waals surface area contributed by atoms with Gasteiger partial charge in [0, 0.05) is 50.1 Å². The average Bonchev–Trinajstić information content (AvgIpc) is 3.28. The number of H-pyrrole nitrogens is 1. The van der Waals surface area contributed by atoms with Crippen molar-refractivity contribution in [2.45, 2.75) is 31.5 Å². The molecule has 2 saturated heterocycles. The van der Waals surface area contributed by atoms with Gasteiger partial charge in [-0.25, -0.2) is 0 Å². The fourth-order valence-corrected chi connectivity index (χ4v) is 4.29. The fourth-order valence-electron chi connectivity index (χ4n) is 4.29. The van der Waals surface area contributed by atoms with Crippen LogP contribution in [0.4, 0.5) is 11.6 Å². The molecule has 7 nitrogen and oxygen atoms in total. The number of nitrogens with two attached hydrogens (primary N) is 1. The highest BCUT2D eigenvalue weighted by Crippen LogP contribution is 2.38. The summed E-state index contributed by atoms with van der Waals surface area (Å²) in [5.74, 6) is 1.54. The van der Waals surface area contributed by atoms with Crippen LogP contribution in [0, 0.1) is 0 Å². The third kappa shape index (κ3) is 2.31. The Morgan fingerprint density at radius 3 is 2.62 bits per heavy atom. The molecule has 24 heavy (non-hydrogen) atoms. The summed E-state index contributed by atoms with van der Waals surface area (Å²) >= 11 is 0. The molecule has 128 valence electrons. The molecule has 2 aliphatic rings. The van der Waals surface area contributed by atoms with Gasteiger partial charge in [-0.3, -0.25) is 9.91 Å². The van der Waals surface area contributed by atoms with Crippen LogP contribution in [0.3, 0.4) is 0 Å². The van der Waals surface area contributed by atoms with Crippen molar-refractivity contribution < 1.29 is 4.68 Å². The first-order valence-corrected chi connectivity index (χ1v) is 8.57. The van der Waals surface area contributed by atoms with E-state index in [1.807, 2.05) is 23.8 Å². The van der Waals surface area contributed by atoms with E-state index in [2.05, 4.69) is 57.3 Å². The topological polar surface area (TPSA) is 68.3 Å². The van der Waals surface area contributed by atoms with Crippen LogP contribution in [-0.2, 0) is 0 Å². The van der Waals surface area contributed by atoms with Crippen molar-refractivity contribution in [1.29, 1.82) is 0 Å². The number of hydrogen-bond acceptors (Lipinski definition) is 5. The Hall–Kier alpha value is -2.28. The molecule has 3 heterocycles. The summed E-state index contributed by atoms with van der Waals surface area (Å²) in [5, 5.41) is 9.28. The van der Waals surface area contributed by atoms with Crippen LogP contribution in [0.5, 0.6) is 0 Å². The molecule has 2 bridgehead atoms. The molecule has 2 fully saturated rings. The molecule has 1 aromatic heterocycles. The quantitative estimate of drug-likeness (QED) is 0.800. The minimum Gasteiger partial charge on any atom is -0.366 e. The van der Waals surface area contributed by atoms with E-state index in [1.165, 1.54) is 12.1 Å². The highest BCUT2D eigenvalue weighted by atomic mass is 15.6. The van der Waals surface area contributed by atoms with E-state index in [9.17, 15) is 0 Å². The number of nitrogens with zero attached hydrogens (tertiary/aromatic N) is 5. The molecule has 1 aromatic carbocycles. The molecule has 0 spiro atoms. The highest BCUT2D eigenvalue weighted by Gasteiger charge is 2.46. The Balaban J connectivity index is 1.53. The van der Waals surface area contributed by atoms with Crippen molar-refractivity contribution in [3.8, 4) is 0 Å². The molecule has 2 aliphatic heterocycles. The van der Waals surface area contributed by atoms with E-state index in [0.29, 0.717) is 18.0 Å². The van der Waals surface area contributed by atoms with Gasteiger partial charge in [0.2, 0.25) is 5.82 Å². The van der Waals surface area contributed by atoms with E-state index >= 15 is 0 Å². The Morgan fingerprint density at radius 2 is 2.00 bits per heavy atom. The van der Waals surface area contributed by atoms with Crippen molar-refractivity contribution >= 4 is 11.6 Å². The number of piperazine rings is 1. The van der Waals surface area contributed by atoms with Gasteiger partial charge in [-0.1, -0.05) is 18.2 Å². The Kier molecular flexibility index (Phi) is 3.60. The van der Waals surface area contributed by atoms with E-state index in [0.717, 1.165) is 18.9 Å². The van der Waals surface area contributed by atoms with Crippen molar-refractivity contribution in [2.24, 2.45) is 0 Å². The number of hydrogen-bond donors (Lipinski definition) is 2. The van der Waals surface area contributed by atoms with Crippen molar-refractivity contribution in [2.75, 3.05) is 42.8 Å². The van der Waals surface area contributed by atoms with E-state index < -0.39 is 0 Å². The molecule has 7 heteroatoms. The van der Waals surface area contributed by atoms with Crippen LogP contribution in [0.2, 0.25) is 0 Å². The van der Waals surface area contributed by atoms with Crippen molar-refractivity contribution in [3.05, 3.63) is 36.2 Å². The average molecular weight is 328 g/mol. The molecule has 1 unspecified atom stereocenters. The van der Waals surface area contributed by atoms with E-state index in [1.54, 1.807) is 0 Å². The summed E-state index contributed by atoms with van der Waals surface area (Å²) in [6.45, 7) is 4.40. The molecule has 0 amide bonds. The lowest BCUT2D eigenvalue weighted by molar-refractivity contribution is -0.683. The Labute approximate surface area is 142 Å². The minimum atomic E-state index is 0.255. The number of aromatic amines is 1. The Morgan fingerprint density at radius 1 is 1.25 bits per heavy atom. The number of nitrogens with one attached hydrogen (secondary N) is 1. The summed E-state index contributed by atoms with van der Waals surface area (Å²) in [5.41, 5.74) is 7.34. The zero-order valence-electron chi connectivity index (χ0n) is 14.6. The third-order valence-electron chi connectivity index (χ3n) is 5.39. The number of benzene rings is 1. The molecular weight excluding hydrogens is 302 g/mol. The number of fused-ring (bicyclic) bond motifs is 2. The van der Waals surface area contributed by atoms with Crippen LogP contribution in [0.25, 0.3) is 0 Å². The molecule has 0 aliphatic carbocycles. The van der Waals surface area contributed by atoms with Crippen LogP contribution < -0.4 is 20.3 Å². The second kappa shape index (κ2) is 5.66. The number of rotatable bonds is 4. The summed E-state index contributed by atoms with van der Waals surface area (Å²) in [4.78, 5) is 5.13. The first-order valence-electron chi connectivity index (χ1n) is 8.57. The SMILES string of the molecule is CC(c1[nH]nc(N)[n+]1N(C)C)N1C[C@@H]2C[C@H]1CN2c1ccccc1. The first kappa shape index (κ1) is 15.3. The lowest BCUT2D eigenvalue weighted by Gasteiger charge is -2.37. The summed E-state index contributed by atoms with van der Waals surface area (Å²) < 4.78 is 1.95. The van der Waals surface area contributed by atoms with Gasteiger partial charge in [0.1, 0.15) is 0 Å². The van der Waals surface area contributed by atoms with Gasteiger partial charge >= 0.3 is 5.95 Å². The van der Waals surface area contributed by atoms with Crippen LogP contribution in [-0.4, -0.2) is 54.4 Å². The number of para-hydroxylation sites is 1. The number of nitrogen functional groups attached to an aromatic ring is 1. The number of anilines is 2. The standard InChI is InChI=1S/C17H25N7/c1-12(16-19-20-17(18)24(16)21(2)3)22-10-15-9-14(22)11-23(15)13-7-5-4-6-8-13/h4-8,12,14-15H,9-11H2,1-3H3,(H2,18,20)/p+1/t12?,14-,15-/m0/s1. The molecular formula is C17H26N7+. The molecule has 3 atom stereocenters. The van der Waals surface area contributed by atoms with Gasteiger partial charge in [0.15, 0.2) is 0 Å². The maximum absolute atomic E-state index is 6.00. The van der Waals surface area contributed by atoms with E-state index in [4.69, 9.17) is 5.73 Å². The maximum Gasteiger partial charge on any atom is 0.396 e. The second-order valence-corrected chi connectivity index (χ2v) is 7.03. The van der Waals surface area contributed by atoms with Crippen molar-refractivity contribution in [3.63, 3.8) is 0 Å².